The van der Waals surface area contributed by atoms with Gasteiger partial charge in [-0.2, -0.15) is 0 Å². The smallest absolute Gasteiger partial charge is 0.287 e. The first kappa shape index (κ1) is 17.0. The van der Waals surface area contributed by atoms with Gasteiger partial charge < -0.3 is 4.74 Å². The number of allylic oxidation sites excluding steroid dienone is 1. The number of nitro benzene ring substituents is 2. The number of benzene rings is 1. The van der Waals surface area contributed by atoms with Crippen LogP contribution in [0.15, 0.2) is 30.0 Å². The second-order valence-corrected chi connectivity index (χ2v) is 4.09. The maximum atomic E-state index is 12.3. The molecule has 0 saturated heterocycles. The number of carbonyl (C=O) groups is 2. The van der Waals surface area contributed by atoms with Crippen LogP contribution >= 0.6 is 0 Å². The maximum Gasteiger partial charge on any atom is 0.287 e. The van der Waals surface area contributed by atoms with Crippen LogP contribution in [0, 0.1) is 20.2 Å². The lowest BCUT2D eigenvalue weighted by atomic mass is 10.00. The van der Waals surface area contributed by atoms with Crippen LogP contribution in [-0.2, 0) is 9.53 Å². The van der Waals surface area contributed by atoms with Crippen molar-refractivity contribution >= 4 is 22.9 Å². The molecule has 0 heterocycles. The van der Waals surface area contributed by atoms with E-state index in [1.807, 2.05) is 0 Å². The van der Waals surface area contributed by atoms with E-state index in [2.05, 4.69) is 0 Å². The number of hydrogen-bond donors (Lipinski definition) is 0. The highest BCUT2D eigenvalue weighted by Gasteiger charge is 2.27. The van der Waals surface area contributed by atoms with E-state index in [-0.39, 0.29) is 12.2 Å². The Morgan fingerprint density at radius 1 is 1.23 bits per heavy atom. The summed E-state index contributed by atoms with van der Waals surface area (Å²) in [5.74, 6) is -1.56. The van der Waals surface area contributed by atoms with Crippen molar-refractivity contribution in [2.24, 2.45) is 0 Å². The van der Waals surface area contributed by atoms with Crippen LogP contribution in [0.1, 0.15) is 24.2 Å². The Kier molecular flexibility index (Phi) is 5.44. The topological polar surface area (TPSA) is 130 Å². The van der Waals surface area contributed by atoms with Crippen molar-refractivity contribution in [2.45, 2.75) is 13.8 Å². The molecule has 0 spiro atoms. The summed E-state index contributed by atoms with van der Waals surface area (Å²) in [5, 5.41) is 21.7. The number of non-ortho nitro benzene ring substituents is 1. The first-order chi connectivity index (χ1) is 10.3. The zero-order chi connectivity index (χ0) is 16.9. The Balaban J connectivity index is 3.41. The molecule has 1 aromatic carbocycles. The largest absolute Gasteiger partial charge is 0.501 e. The van der Waals surface area contributed by atoms with Gasteiger partial charge >= 0.3 is 0 Å². The van der Waals surface area contributed by atoms with E-state index in [1.165, 1.54) is 0 Å². The first-order valence-electron chi connectivity index (χ1n) is 6.09. The van der Waals surface area contributed by atoms with E-state index in [0.717, 1.165) is 25.3 Å². The van der Waals surface area contributed by atoms with Crippen LogP contribution in [0.2, 0.25) is 0 Å². The minimum Gasteiger partial charge on any atom is -0.501 e. The van der Waals surface area contributed by atoms with Crippen LogP contribution in [0.25, 0.3) is 0 Å². The SMILES string of the molecule is CCO/C=C(/C(C)=O)C(=O)c1ccc([N+](=O)[O-])cc1[N+](=O)[O-]. The summed E-state index contributed by atoms with van der Waals surface area (Å²) in [6.07, 6.45) is 0.926. The van der Waals surface area contributed by atoms with E-state index < -0.39 is 38.4 Å². The third-order valence-electron chi connectivity index (χ3n) is 2.63. The number of rotatable bonds is 7. The molecule has 0 amide bonds. The van der Waals surface area contributed by atoms with Gasteiger partial charge in [0.2, 0.25) is 5.78 Å². The van der Waals surface area contributed by atoms with E-state index in [1.54, 1.807) is 6.92 Å². The van der Waals surface area contributed by atoms with E-state index in [4.69, 9.17) is 4.74 Å². The fourth-order valence-electron chi connectivity index (χ4n) is 1.58. The van der Waals surface area contributed by atoms with Crippen molar-refractivity contribution < 1.29 is 24.2 Å². The lowest BCUT2D eigenvalue weighted by Gasteiger charge is -2.05. The second kappa shape index (κ2) is 7.07. The van der Waals surface area contributed by atoms with E-state index >= 15 is 0 Å². The van der Waals surface area contributed by atoms with Gasteiger partial charge in [-0.1, -0.05) is 0 Å². The van der Waals surface area contributed by atoms with Crippen molar-refractivity contribution in [3.63, 3.8) is 0 Å². The number of Topliss-reactive ketones (excluding diaryl/α,β-unsaturated/α-hetero) is 2. The minimum atomic E-state index is -0.928. The van der Waals surface area contributed by atoms with Gasteiger partial charge in [0.05, 0.1) is 34.4 Å². The molecule has 0 aliphatic rings. The van der Waals surface area contributed by atoms with Gasteiger partial charge in [-0.05, 0) is 19.9 Å². The highest BCUT2D eigenvalue weighted by Crippen LogP contribution is 2.26. The summed E-state index contributed by atoms with van der Waals surface area (Å²) in [6.45, 7) is 2.94. The van der Waals surface area contributed by atoms with Crippen molar-refractivity contribution in [1.29, 1.82) is 0 Å². The summed E-state index contributed by atoms with van der Waals surface area (Å²) < 4.78 is 4.88. The number of nitro groups is 2. The summed E-state index contributed by atoms with van der Waals surface area (Å²) in [7, 11) is 0. The molecule has 22 heavy (non-hydrogen) atoms. The molecule has 0 aliphatic heterocycles. The molecule has 1 aromatic rings. The number of ether oxygens (including phenoxy) is 1. The molecular weight excluding hydrogens is 296 g/mol. The predicted octanol–water partition coefficient (Wildman–Crippen LogP) is 2.20. The fourth-order valence-corrected chi connectivity index (χ4v) is 1.58. The molecule has 0 atom stereocenters. The van der Waals surface area contributed by atoms with Crippen molar-refractivity contribution in [1.82, 2.24) is 0 Å². The Morgan fingerprint density at radius 3 is 2.32 bits per heavy atom. The highest BCUT2D eigenvalue weighted by molar-refractivity contribution is 6.26. The Bertz CT molecular complexity index is 679. The average Bonchev–Trinajstić information content (AvgIpc) is 2.46. The third kappa shape index (κ3) is 3.72. The average molecular weight is 308 g/mol. The number of ketones is 2. The number of carbonyl (C=O) groups excluding carboxylic acids is 2. The Labute approximate surface area is 124 Å². The van der Waals surface area contributed by atoms with Gasteiger partial charge in [0.1, 0.15) is 5.56 Å². The monoisotopic (exact) mass is 308 g/mol. The molecule has 0 fully saturated rings. The number of hydrogen-bond acceptors (Lipinski definition) is 7. The molecule has 0 N–H and O–H groups in total. The van der Waals surface area contributed by atoms with Gasteiger partial charge in [0.15, 0.2) is 5.78 Å². The lowest BCUT2D eigenvalue weighted by molar-refractivity contribution is -0.394. The maximum absolute atomic E-state index is 12.3. The van der Waals surface area contributed by atoms with Crippen LogP contribution in [-0.4, -0.2) is 28.0 Å². The molecule has 0 unspecified atom stereocenters. The molecule has 1 rings (SSSR count). The van der Waals surface area contributed by atoms with Gasteiger partial charge in [-0.3, -0.25) is 29.8 Å². The minimum absolute atomic E-state index is 0.201. The summed E-state index contributed by atoms with van der Waals surface area (Å²) in [4.78, 5) is 43.7. The zero-order valence-corrected chi connectivity index (χ0v) is 11.8. The van der Waals surface area contributed by atoms with Crippen molar-refractivity contribution in [2.75, 3.05) is 6.61 Å². The highest BCUT2D eigenvalue weighted by atomic mass is 16.6. The summed E-state index contributed by atoms with van der Waals surface area (Å²) >= 11 is 0. The van der Waals surface area contributed by atoms with Gasteiger partial charge in [0, 0.05) is 6.07 Å². The molecule has 0 bridgehead atoms. The molecule has 0 radical (unpaired) electrons. The Morgan fingerprint density at radius 2 is 1.86 bits per heavy atom. The lowest BCUT2D eigenvalue weighted by Crippen LogP contribution is -2.13. The molecule has 0 aliphatic carbocycles. The molecular formula is C13H12N2O7. The molecule has 9 heteroatoms. The normalized spacial score (nSPS) is 10.9. The van der Waals surface area contributed by atoms with Crippen molar-refractivity contribution in [3.8, 4) is 0 Å². The van der Waals surface area contributed by atoms with Gasteiger partial charge in [0.25, 0.3) is 11.4 Å². The quantitative estimate of drug-likeness (QED) is 0.143. The van der Waals surface area contributed by atoms with Crippen molar-refractivity contribution in [3.05, 3.63) is 55.8 Å². The molecule has 0 aromatic heterocycles. The fraction of sp³-hybridized carbons (Fsp3) is 0.231. The molecule has 116 valence electrons. The first-order valence-corrected chi connectivity index (χ1v) is 6.09. The molecule has 9 nitrogen and oxygen atoms in total. The predicted molar refractivity (Wildman–Crippen MR) is 74.5 cm³/mol. The van der Waals surface area contributed by atoms with Crippen LogP contribution < -0.4 is 0 Å². The van der Waals surface area contributed by atoms with Crippen LogP contribution in [0.4, 0.5) is 11.4 Å². The van der Waals surface area contributed by atoms with Gasteiger partial charge in [-0.25, -0.2) is 0 Å². The van der Waals surface area contributed by atoms with E-state index in [9.17, 15) is 29.8 Å². The van der Waals surface area contributed by atoms with Gasteiger partial charge in [-0.15, -0.1) is 0 Å². The zero-order valence-electron chi connectivity index (χ0n) is 11.8. The summed E-state index contributed by atoms with van der Waals surface area (Å²) in [6, 6.07) is 2.58. The van der Waals surface area contributed by atoms with Crippen LogP contribution in [0.3, 0.4) is 0 Å². The number of nitrogens with zero attached hydrogens (tertiary/aromatic N) is 2. The van der Waals surface area contributed by atoms with E-state index in [0.29, 0.717) is 6.07 Å². The third-order valence-corrected chi connectivity index (χ3v) is 2.63. The molecule has 0 saturated carbocycles. The van der Waals surface area contributed by atoms with Crippen LogP contribution in [0.5, 0.6) is 0 Å². The standard InChI is InChI=1S/C13H12N2O7/c1-3-22-7-11(8(2)16)13(17)10-5-4-9(14(18)19)6-12(10)15(20)21/h4-7H,3H2,1-2H3/b11-7-. The summed E-state index contributed by atoms with van der Waals surface area (Å²) in [5.41, 5.74) is -2.07. The second-order valence-electron chi connectivity index (χ2n) is 4.09. The Hall–Kier alpha value is -3.10.